The number of carbonyl (C=O) groups is 4. The van der Waals surface area contributed by atoms with Gasteiger partial charge in [0.1, 0.15) is 11.1 Å². The molecule has 0 saturated heterocycles. The fourth-order valence-electron chi connectivity index (χ4n) is 3.45. The Morgan fingerprint density at radius 3 is 2.26 bits per heavy atom. The summed E-state index contributed by atoms with van der Waals surface area (Å²) in [7, 11) is 0. The molecule has 0 unspecified atom stereocenters. The fraction of sp³-hybridized carbons (Fsp3) is 0.0909. The molecule has 4 amide bonds. The summed E-state index contributed by atoms with van der Waals surface area (Å²) in [6.07, 6.45) is 0.0371. The Hall–Kier alpha value is -3.43. The molecule has 9 heteroatoms. The quantitative estimate of drug-likeness (QED) is 0.431. The van der Waals surface area contributed by atoms with Crippen molar-refractivity contribution in [3.05, 3.63) is 87.4 Å². The van der Waals surface area contributed by atoms with Crippen molar-refractivity contribution in [2.45, 2.75) is 6.42 Å². The molecule has 1 aromatic heterocycles. The highest BCUT2D eigenvalue weighted by Gasteiger charge is 2.35. The number of anilines is 1. The summed E-state index contributed by atoms with van der Waals surface area (Å²) in [5, 5.41) is 0.750. The van der Waals surface area contributed by atoms with Crippen LogP contribution in [0.4, 0.5) is 14.9 Å². The summed E-state index contributed by atoms with van der Waals surface area (Å²) in [6, 6.07) is 13.3. The molecule has 2 aromatic carbocycles. The van der Waals surface area contributed by atoms with Gasteiger partial charge >= 0.3 is 0 Å². The van der Waals surface area contributed by atoms with Gasteiger partial charge < -0.3 is 17.4 Å². The number of rotatable bonds is 5. The third kappa shape index (κ3) is 3.85. The first-order valence-corrected chi connectivity index (χ1v) is 10.5. The van der Waals surface area contributed by atoms with Crippen molar-refractivity contribution < 1.29 is 23.6 Å². The first kappa shape index (κ1) is 20.8. The van der Waals surface area contributed by atoms with Crippen LogP contribution in [0.2, 0.25) is 0 Å². The van der Waals surface area contributed by atoms with Gasteiger partial charge in [-0.05, 0) is 53.8 Å². The maximum absolute atomic E-state index is 14.0. The van der Waals surface area contributed by atoms with Crippen LogP contribution in [0.5, 0.6) is 0 Å². The van der Waals surface area contributed by atoms with Gasteiger partial charge in [-0.15, -0.1) is 11.3 Å². The molecule has 3 aromatic rings. The van der Waals surface area contributed by atoms with Gasteiger partial charge in [0.15, 0.2) is 0 Å². The highest BCUT2D eigenvalue weighted by molar-refractivity contribution is 7.77. The average Bonchev–Trinajstić information content (AvgIpc) is 3.36. The summed E-state index contributed by atoms with van der Waals surface area (Å²) in [5.41, 5.74) is 1.01. The van der Waals surface area contributed by atoms with E-state index in [0.29, 0.717) is 16.0 Å². The molecule has 156 valence electrons. The topological polar surface area (TPSA) is 74.8 Å². The van der Waals surface area contributed by atoms with E-state index in [1.54, 1.807) is 41.8 Å². The lowest BCUT2D eigenvalue weighted by Gasteiger charge is -2.26. The molecule has 1 aliphatic rings. The van der Waals surface area contributed by atoms with Crippen LogP contribution in [0.25, 0.3) is 0 Å². The van der Waals surface area contributed by atoms with Gasteiger partial charge in [-0.2, -0.15) is 0 Å². The molecule has 0 bridgehead atoms. The molecule has 2 heterocycles. The Morgan fingerprint density at radius 2 is 1.68 bits per heavy atom. The van der Waals surface area contributed by atoms with Crippen molar-refractivity contribution >= 4 is 52.6 Å². The van der Waals surface area contributed by atoms with E-state index < -0.39 is 28.8 Å². The van der Waals surface area contributed by atoms with Gasteiger partial charge in [0.05, 0.1) is 21.7 Å². The molecule has 0 saturated carbocycles. The van der Waals surface area contributed by atoms with Crippen LogP contribution in [0.3, 0.4) is 0 Å². The molecule has 0 fully saturated rings. The summed E-state index contributed by atoms with van der Waals surface area (Å²) < 4.78 is 14.0. The normalized spacial score (nSPS) is 12.7. The lowest BCUT2D eigenvalue weighted by atomic mass is 10.1. The monoisotopic (exact) mass is 453 g/mol. The molecule has 0 N–H and O–H groups in total. The predicted molar refractivity (Wildman–Crippen MR) is 116 cm³/mol. The van der Waals surface area contributed by atoms with E-state index >= 15 is 0 Å². The van der Waals surface area contributed by atoms with E-state index in [0.717, 1.165) is 27.2 Å². The van der Waals surface area contributed by atoms with Crippen LogP contribution in [0, 0.1) is 5.82 Å². The number of thiophene rings is 1. The van der Waals surface area contributed by atoms with Gasteiger partial charge in [0.2, 0.25) is 0 Å². The molecule has 0 aliphatic carbocycles. The zero-order valence-electron chi connectivity index (χ0n) is 15.9. The first-order valence-electron chi connectivity index (χ1n) is 9.21. The molecular formula is C22H14FN2O4S2-. The third-order valence-corrected chi connectivity index (χ3v) is 5.92. The summed E-state index contributed by atoms with van der Waals surface area (Å²) in [6.45, 7) is -0.0462. The molecule has 1 aliphatic heterocycles. The second kappa shape index (κ2) is 8.37. The van der Waals surface area contributed by atoms with Gasteiger partial charge in [0.25, 0.3) is 17.7 Å². The van der Waals surface area contributed by atoms with E-state index in [2.05, 4.69) is 0 Å². The van der Waals surface area contributed by atoms with Gasteiger partial charge in [-0.3, -0.25) is 24.2 Å². The number of fused-ring (bicyclic) bond motifs is 1. The second-order valence-corrected chi connectivity index (χ2v) is 8.01. The van der Waals surface area contributed by atoms with E-state index in [9.17, 15) is 23.6 Å². The van der Waals surface area contributed by atoms with Crippen LogP contribution >= 0.6 is 11.3 Å². The summed E-state index contributed by atoms with van der Waals surface area (Å²) in [5.74, 6) is -2.08. The number of halogens is 1. The largest absolute Gasteiger partial charge is 0.718 e. The third-order valence-electron chi connectivity index (χ3n) is 4.88. The Labute approximate surface area is 186 Å². The lowest BCUT2D eigenvalue weighted by molar-refractivity contribution is 0.0655. The van der Waals surface area contributed by atoms with Crippen LogP contribution in [0.1, 0.15) is 36.0 Å². The molecule has 4 rings (SSSR count). The Bertz CT molecular complexity index is 1170. The molecule has 6 nitrogen and oxygen atoms in total. The highest BCUT2D eigenvalue weighted by Crippen LogP contribution is 2.28. The van der Waals surface area contributed by atoms with Crippen molar-refractivity contribution in [2.75, 3.05) is 11.4 Å². The van der Waals surface area contributed by atoms with Crippen molar-refractivity contribution in [3.63, 3.8) is 0 Å². The number of amides is 4. The van der Waals surface area contributed by atoms with Crippen LogP contribution in [-0.2, 0) is 19.0 Å². The predicted octanol–water partition coefficient (Wildman–Crippen LogP) is 4.04. The maximum Gasteiger partial charge on any atom is 0.273 e. The van der Waals surface area contributed by atoms with Gasteiger partial charge in [0, 0.05) is 6.54 Å². The lowest BCUT2D eigenvalue weighted by Crippen LogP contribution is -2.36. The molecule has 0 atom stereocenters. The van der Waals surface area contributed by atoms with Crippen LogP contribution < -0.4 is 4.90 Å². The van der Waals surface area contributed by atoms with E-state index in [1.807, 2.05) is 0 Å². The van der Waals surface area contributed by atoms with Crippen molar-refractivity contribution in [1.82, 2.24) is 4.90 Å². The van der Waals surface area contributed by atoms with Gasteiger partial charge in [-0.25, -0.2) is 4.39 Å². The maximum atomic E-state index is 14.0. The minimum Gasteiger partial charge on any atom is -0.718 e. The Balaban J connectivity index is 1.63. The van der Waals surface area contributed by atoms with E-state index in [1.165, 1.54) is 12.1 Å². The average molecular weight is 453 g/mol. The second-order valence-electron chi connectivity index (χ2n) is 6.71. The molecule has 0 radical (unpaired) electrons. The molecule has 0 spiro atoms. The van der Waals surface area contributed by atoms with Crippen molar-refractivity contribution in [2.24, 2.45) is 0 Å². The van der Waals surface area contributed by atoms with Crippen LogP contribution in [0.15, 0.2) is 60.0 Å². The minimum atomic E-state index is -0.938. The first-order chi connectivity index (χ1) is 14.9. The number of nitrogens with zero attached hydrogens (tertiary/aromatic N) is 2. The zero-order chi connectivity index (χ0) is 22.1. The number of imide groups is 2. The number of carbonyl (C=O) groups excluding carboxylic acids is 4. The molecule has 31 heavy (non-hydrogen) atoms. The smallest absolute Gasteiger partial charge is 0.273 e. The highest BCUT2D eigenvalue weighted by atomic mass is 32.1. The minimum absolute atomic E-state index is 0.0371. The van der Waals surface area contributed by atoms with E-state index in [4.69, 9.17) is 12.6 Å². The summed E-state index contributed by atoms with van der Waals surface area (Å²) >= 11 is 5.91. The number of hydrogen-bond acceptors (Lipinski definition) is 6. The Kier molecular flexibility index (Phi) is 5.62. The number of hydrogen-bond donors (Lipinski definition) is 0. The van der Waals surface area contributed by atoms with Gasteiger partial charge in [-0.1, -0.05) is 18.2 Å². The fourth-order valence-corrected chi connectivity index (χ4v) is 4.28. The molecular weight excluding hydrogens is 439 g/mol. The van der Waals surface area contributed by atoms with Crippen molar-refractivity contribution in [1.29, 1.82) is 0 Å². The zero-order valence-corrected chi connectivity index (χ0v) is 17.5. The SMILES string of the molecule is O=C1c2ccccc2C(=O)N1CCc1cc(F)ccc1N(C(=O)[S-])C(=O)c1cccs1. The summed E-state index contributed by atoms with van der Waals surface area (Å²) in [4.78, 5) is 52.3. The Morgan fingerprint density at radius 1 is 1.00 bits per heavy atom. The number of benzene rings is 2. The standard InChI is InChI=1S/C22H15FN2O4S2/c23-14-7-8-17(25(22(29)30)21(28)18-6-3-11-31-18)13(12-14)9-10-24-19(26)15-4-1-2-5-16(15)20(24)27/h1-8,11-12H,9-10H2,(H,29,30)/p-1. The van der Waals surface area contributed by atoms with Crippen molar-refractivity contribution in [3.8, 4) is 0 Å². The van der Waals surface area contributed by atoms with E-state index in [-0.39, 0.29) is 24.2 Å². The van der Waals surface area contributed by atoms with Crippen LogP contribution in [-0.4, -0.2) is 34.4 Å².